The van der Waals surface area contributed by atoms with Gasteiger partial charge in [0.25, 0.3) is 0 Å². The number of halogens is 1. The van der Waals surface area contributed by atoms with Crippen LogP contribution in [0, 0.1) is 0 Å². The van der Waals surface area contributed by atoms with Crippen molar-refractivity contribution in [2.75, 3.05) is 13.2 Å². The van der Waals surface area contributed by atoms with Crippen molar-refractivity contribution < 1.29 is 39.2 Å². The predicted molar refractivity (Wildman–Crippen MR) is 55.5 cm³/mol. The summed E-state index contributed by atoms with van der Waals surface area (Å²) in [5.74, 6) is -2.90. The lowest BCUT2D eigenvalue weighted by Crippen LogP contribution is -2.09. The summed E-state index contributed by atoms with van der Waals surface area (Å²) in [6, 6.07) is 0. The summed E-state index contributed by atoms with van der Waals surface area (Å²) in [5.41, 5.74) is 0. The van der Waals surface area contributed by atoms with Crippen LogP contribution in [0.2, 0.25) is 0 Å². The van der Waals surface area contributed by atoms with Gasteiger partial charge in [-0.2, -0.15) is 0 Å². The molecule has 0 amide bonds. The first kappa shape index (κ1) is 20.7. The second-order valence-electron chi connectivity index (χ2n) is 2.20. The third-order valence-electron chi connectivity index (χ3n) is 0.534. The number of carbonyl (C=O) groups is 4. The maximum absolute atomic E-state index is 9.86. The molecule has 0 aliphatic heterocycles. The van der Waals surface area contributed by atoms with Crippen LogP contribution < -0.4 is 0 Å². The second-order valence-corrected chi connectivity index (χ2v) is 2.73. The molecule has 0 aromatic carbocycles. The van der Waals surface area contributed by atoms with Crippen molar-refractivity contribution in [3.05, 3.63) is 0 Å². The van der Waals surface area contributed by atoms with Crippen molar-refractivity contribution in [1.82, 2.24) is 0 Å². The summed E-state index contributed by atoms with van der Waals surface area (Å²) in [6.07, 6.45) is 0. The highest BCUT2D eigenvalue weighted by Crippen LogP contribution is 1.73. The Bertz CT molecular complexity index is 244. The minimum atomic E-state index is -1.19. The molecule has 0 atom stereocenters. The molecule has 0 aromatic rings. The molecule has 0 aliphatic carbocycles. The van der Waals surface area contributed by atoms with Gasteiger partial charge in [0.1, 0.15) is 6.61 Å². The van der Waals surface area contributed by atoms with Crippen LogP contribution in [-0.4, -0.2) is 51.7 Å². The molecule has 0 aromatic heterocycles. The lowest BCUT2D eigenvalue weighted by molar-refractivity contribution is -0.153. The number of carboxylic acids is 2. The second kappa shape index (κ2) is 14.3. The summed E-state index contributed by atoms with van der Waals surface area (Å²) in [5, 5.41) is 22.5. The number of rotatable bonds is 3. The molecule has 3 N–H and O–H groups in total. The highest BCUT2D eigenvalue weighted by atomic mass is 35.5. The first-order chi connectivity index (χ1) is 7.63. The summed E-state index contributed by atoms with van der Waals surface area (Å²) in [6.45, 7) is 1.12. The number of carbonyl (C=O) groups excluding carboxylic acids is 2. The molecular weight excluding hydrogens is 260 g/mol. The molecule has 0 unspecified atom stereocenters. The van der Waals surface area contributed by atoms with Crippen molar-refractivity contribution >= 4 is 34.8 Å². The van der Waals surface area contributed by atoms with E-state index in [1.807, 2.05) is 0 Å². The van der Waals surface area contributed by atoms with Gasteiger partial charge in [-0.25, -0.2) is 9.59 Å². The molecule has 17 heavy (non-hydrogen) atoms. The molecule has 100 valence electrons. The molecule has 0 fully saturated rings. The monoisotopic (exact) mass is 272 g/mol. The Labute approximate surface area is 102 Å². The van der Waals surface area contributed by atoms with Crippen LogP contribution in [0.3, 0.4) is 0 Å². The van der Waals surface area contributed by atoms with Crippen LogP contribution in [0.1, 0.15) is 13.8 Å². The Morgan fingerprint density at radius 2 is 1.35 bits per heavy atom. The molecule has 0 saturated carbocycles. The smallest absolute Gasteiger partial charge is 0.341 e. The average Bonchev–Trinajstić information content (AvgIpc) is 2.14. The van der Waals surface area contributed by atoms with Crippen molar-refractivity contribution in [3.63, 3.8) is 0 Å². The zero-order valence-electron chi connectivity index (χ0n) is 9.18. The van der Waals surface area contributed by atoms with Gasteiger partial charge < -0.3 is 20.1 Å². The van der Waals surface area contributed by atoms with Gasteiger partial charge in [0.2, 0.25) is 5.24 Å². The van der Waals surface area contributed by atoms with Crippen LogP contribution in [0.15, 0.2) is 0 Å². The molecule has 0 rings (SSSR count). The van der Waals surface area contributed by atoms with Crippen LogP contribution in [0.5, 0.6) is 0 Å². The molecule has 0 heterocycles. The van der Waals surface area contributed by atoms with E-state index in [2.05, 4.69) is 16.3 Å². The van der Waals surface area contributed by atoms with Gasteiger partial charge in [0.05, 0.1) is 0 Å². The number of carboxylic acid groups (broad SMARTS) is 2. The van der Waals surface area contributed by atoms with E-state index >= 15 is 0 Å². The topological polar surface area (TPSA) is 138 Å². The standard InChI is InChI=1S/C4H6O4.C2H3ClO.C2H4O3/c1-3(5)8-2-4(6)7;1-2(3)4;3-1-2(4)5/h2H2,1H3,(H,6,7);1H3;3H,1H2,(H,4,5). The number of aliphatic hydroxyl groups excluding tert-OH is 1. The van der Waals surface area contributed by atoms with Crippen LogP contribution >= 0.6 is 11.6 Å². The van der Waals surface area contributed by atoms with Gasteiger partial charge >= 0.3 is 17.9 Å². The molecule has 8 nitrogen and oxygen atoms in total. The van der Waals surface area contributed by atoms with Gasteiger partial charge in [0.15, 0.2) is 6.61 Å². The number of aliphatic carboxylic acids is 2. The maximum Gasteiger partial charge on any atom is 0.341 e. The maximum atomic E-state index is 9.86. The van der Waals surface area contributed by atoms with Gasteiger partial charge in [-0.05, 0) is 11.6 Å². The third kappa shape index (κ3) is 76.7. The Hall–Kier alpha value is -1.67. The molecule has 0 spiro atoms. The molecule has 9 heteroatoms. The van der Waals surface area contributed by atoms with E-state index < -0.39 is 31.1 Å². The van der Waals surface area contributed by atoms with Gasteiger partial charge in [0, 0.05) is 13.8 Å². The van der Waals surface area contributed by atoms with E-state index in [-0.39, 0.29) is 5.24 Å². The van der Waals surface area contributed by atoms with E-state index in [0.717, 1.165) is 6.92 Å². The molecular formula is C8H13ClO8. The zero-order chi connectivity index (χ0) is 14.4. The molecule has 0 aliphatic rings. The van der Waals surface area contributed by atoms with Crippen molar-refractivity contribution in [2.24, 2.45) is 0 Å². The molecule has 0 bridgehead atoms. The molecule has 0 saturated heterocycles. The highest BCUT2D eigenvalue weighted by Gasteiger charge is 1.97. The Balaban J connectivity index is -0.000000188. The lowest BCUT2D eigenvalue weighted by atomic mass is 10.7. The number of ether oxygens (including phenoxy) is 1. The van der Waals surface area contributed by atoms with Crippen LogP contribution in [-0.2, 0) is 23.9 Å². The number of hydrogen-bond acceptors (Lipinski definition) is 6. The third-order valence-corrected chi connectivity index (χ3v) is 0.534. The quantitative estimate of drug-likeness (QED) is 0.460. The summed E-state index contributed by atoms with van der Waals surface area (Å²) in [4.78, 5) is 37.8. The largest absolute Gasteiger partial charge is 0.480 e. The predicted octanol–water partition coefficient (Wildman–Crippen LogP) is -0.531. The van der Waals surface area contributed by atoms with Gasteiger partial charge in [-0.15, -0.1) is 0 Å². The first-order valence-corrected chi connectivity index (χ1v) is 4.35. The van der Waals surface area contributed by atoms with E-state index in [0.29, 0.717) is 0 Å². The highest BCUT2D eigenvalue weighted by molar-refractivity contribution is 6.62. The molecule has 0 radical (unpaired) electrons. The van der Waals surface area contributed by atoms with Gasteiger partial charge in [-0.1, -0.05) is 0 Å². The van der Waals surface area contributed by atoms with Crippen molar-refractivity contribution in [1.29, 1.82) is 0 Å². The lowest BCUT2D eigenvalue weighted by Gasteiger charge is -1.92. The Morgan fingerprint density at radius 1 is 1.06 bits per heavy atom. The summed E-state index contributed by atoms with van der Waals surface area (Å²) in [7, 11) is 0. The average molecular weight is 273 g/mol. The Kier molecular flexibility index (Phi) is 17.5. The summed E-state index contributed by atoms with van der Waals surface area (Å²) >= 11 is 4.64. The van der Waals surface area contributed by atoms with E-state index in [1.54, 1.807) is 0 Å². The van der Waals surface area contributed by atoms with Gasteiger partial charge in [-0.3, -0.25) is 9.59 Å². The number of esters is 1. The minimum absolute atomic E-state index is 0.361. The van der Waals surface area contributed by atoms with E-state index in [4.69, 9.17) is 20.1 Å². The normalized spacial score (nSPS) is 7.53. The van der Waals surface area contributed by atoms with Crippen molar-refractivity contribution in [3.8, 4) is 0 Å². The fraction of sp³-hybridized carbons (Fsp3) is 0.500. The SMILES string of the molecule is CC(=O)Cl.CC(=O)OCC(=O)O.O=C(O)CO. The van der Waals surface area contributed by atoms with E-state index in [9.17, 15) is 14.4 Å². The fourth-order valence-corrected chi connectivity index (χ4v) is 0.163. The minimum Gasteiger partial charge on any atom is -0.480 e. The zero-order valence-corrected chi connectivity index (χ0v) is 9.93. The number of aliphatic hydroxyl groups is 1. The van der Waals surface area contributed by atoms with E-state index in [1.165, 1.54) is 6.92 Å². The Morgan fingerprint density at radius 3 is 1.41 bits per heavy atom. The fourth-order valence-electron chi connectivity index (χ4n) is 0.163. The van der Waals surface area contributed by atoms with Crippen LogP contribution in [0.25, 0.3) is 0 Å². The number of hydrogen-bond donors (Lipinski definition) is 3. The van der Waals surface area contributed by atoms with Crippen molar-refractivity contribution in [2.45, 2.75) is 13.8 Å². The van der Waals surface area contributed by atoms with Crippen LogP contribution in [0.4, 0.5) is 0 Å². The first-order valence-electron chi connectivity index (χ1n) is 3.97. The summed E-state index contributed by atoms with van der Waals surface area (Å²) < 4.78 is 4.06.